The Morgan fingerprint density at radius 2 is 2.09 bits per heavy atom. The fraction of sp³-hybridized carbons (Fsp3) is 0.235. The molecule has 6 heteroatoms. The van der Waals surface area contributed by atoms with E-state index in [1.807, 2.05) is 30.3 Å². The average molecular weight is 324 g/mol. The van der Waals surface area contributed by atoms with Crippen LogP contribution in [-0.4, -0.2) is 21.9 Å². The van der Waals surface area contributed by atoms with Crippen LogP contribution in [-0.2, 0) is 6.54 Å². The summed E-state index contributed by atoms with van der Waals surface area (Å²) < 4.78 is 1.13. The monoisotopic (exact) mass is 324 g/mol. The van der Waals surface area contributed by atoms with E-state index in [4.69, 9.17) is 0 Å². The Labute approximate surface area is 137 Å². The topological polar surface area (TPSA) is 66.9 Å². The van der Waals surface area contributed by atoms with Crippen LogP contribution in [0.5, 0.6) is 0 Å². The van der Waals surface area contributed by atoms with Gasteiger partial charge in [0.05, 0.1) is 22.3 Å². The highest BCUT2D eigenvalue weighted by Crippen LogP contribution is 2.23. The first-order valence-corrected chi connectivity index (χ1v) is 8.45. The lowest BCUT2D eigenvalue weighted by molar-refractivity contribution is 0.0950. The molecule has 5 nitrogen and oxygen atoms in total. The fourth-order valence-corrected chi connectivity index (χ4v) is 3.21. The predicted octanol–water partition coefficient (Wildman–Crippen LogP) is 3.20. The van der Waals surface area contributed by atoms with Crippen molar-refractivity contribution in [2.45, 2.75) is 25.4 Å². The van der Waals surface area contributed by atoms with Gasteiger partial charge in [0, 0.05) is 12.2 Å². The molecule has 0 saturated heterocycles. The smallest absolute Gasteiger partial charge is 0.253 e. The van der Waals surface area contributed by atoms with E-state index >= 15 is 0 Å². The van der Waals surface area contributed by atoms with Crippen molar-refractivity contribution >= 4 is 33.3 Å². The van der Waals surface area contributed by atoms with Gasteiger partial charge in [-0.15, -0.1) is 11.3 Å². The number of pyridine rings is 1. The number of carbonyl (C=O) groups is 1. The van der Waals surface area contributed by atoms with Crippen molar-refractivity contribution in [1.29, 1.82) is 0 Å². The van der Waals surface area contributed by atoms with Crippen molar-refractivity contribution in [3.05, 3.63) is 53.2 Å². The number of para-hydroxylation sites is 1. The van der Waals surface area contributed by atoms with Gasteiger partial charge in [0.1, 0.15) is 10.8 Å². The summed E-state index contributed by atoms with van der Waals surface area (Å²) in [6.07, 6.45) is 4.01. The molecule has 3 aromatic rings. The molecule has 0 aliphatic heterocycles. The van der Waals surface area contributed by atoms with Gasteiger partial charge < -0.3 is 10.6 Å². The minimum Gasteiger partial charge on any atom is -0.367 e. The van der Waals surface area contributed by atoms with Gasteiger partial charge in [-0.05, 0) is 37.1 Å². The standard InChI is InChI=1S/C17H16N4OS/c22-17(11-5-8-15(18-9-11)20-12-6-7-12)19-10-16-21-13-3-1-2-4-14(13)23-16/h1-5,8-9,12H,6-7,10H2,(H,18,20)(H,19,22). The lowest BCUT2D eigenvalue weighted by Crippen LogP contribution is -2.22. The van der Waals surface area contributed by atoms with Crippen molar-refractivity contribution in [3.63, 3.8) is 0 Å². The fourth-order valence-electron chi connectivity index (χ4n) is 2.30. The molecule has 0 bridgehead atoms. The molecule has 0 atom stereocenters. The van der Waals surface area contributed by atoms with Crippen LogP contribution in [0.1, 0.15) is 28.2 Å². The number of hydrogen-bond donors (Lipinski definition) is 2. The van der Waals surface area contributed by atoms with Gasteiger partial charge >= 0.3 is 0 Å². The second-order valence-corrected chi connectivity index (χ2v) is 6.72. The lowest BCUT2D eigenvalue weighted by Gasteiger charge is -2.05. The molecular formula is C17H16N4OS. The van der Waals surface area contributed by atoms with E-state index in [1.165, 1.54) is 12.8 Å². The maximum Gasteiger partial charge on any atom is 0.253 e. The number of hydrogen-bond acceptors (Lipinski definition) is 5. The minimum atomic E-state index is -0.130. The molecule has 2 heterocycles. The zero-order valence-corrected chi connectivity index (χ0v) is 13.3. The second kappa shape index (κ2) is 5.96. The SMILES string of the molecule is O=C(NCc1nc2ccccc2s1)c1ccc(NC2CC2)nc1. The Morgan fingerprint density at radius 1 is 1.22 bits per heavy atom. The highest BCUT2D eigenvalue weighted by atomic mass is 32.1. The number of nitrogens with zero attached hydrogens (tertiary/aromatic N) is 2. The van der Waals surface area contributed by atoms with E-state index in [9.17, 15) is 4.79 Å². The summed E-state index contributed by atoms with van der Waals surface area (Å²) in [6.45, 7) is 0.431. The van der Waals surface area contributed by atoms with Crippen molar-refractivity contribution in [2.75, 3.05) is 5.32 Å². The summed E-state index contributed by atoms with van der Waals surface area (Å²) >= 11 is 1.60. The number of aromatic nitrogens is 2. The Balaban J connectivity index is 1.38. The summed E-state index contributed by atoms with van der Waals surface area (Å²) in [6, 6.07) is 12.2. The van der Waals surface area contributed by atoms with E-state index < -0.39 is 0 Å². The van der Waals surface area contributed by atoms with Crippen molar-refractivity contribution in [1.82, 2.24) is 15.3 Å². The molecule has 116 valence electrons. The van der Waals surface area contributed by atoms with Gasteiger partial charge in [-0.2, -0.15) is 0 Å². The summed E-state index contributed by atoms with van der Waals surface area (Å²) in [4.78, 5) is 21.0. The number of anilines is 1. The summed E-state index contributed by atoms with van der Waals surface area (Å²) in [5.41, 5.74) is 1.53. The van der Waals surface area contributed by atoms with E-state index in [0.717, 1.165) is 21.0 Å². The Kier molecular flexibility index (Phi) is 3.67. The second-order valence-electron chi connectivity index (χ2n) is 5.61. The Hall–Kier alpha value is -2.47. The van der Waals surface area contributed by atoms with Crippen LogP contribution in [0, 0.1) is 0 Å². The molecule has 1 fully saturated rings. The van der Waals surface area contributed by atoms with Crippen LogP contribution in [0.4, 0.5) is 5.82 Å². The zero-order chi connectivity index (χ0) is 15.6. The van der Waals surface area contributed by atoms with Gasteiger partial charge in [0.15, 0.2) is 0 Å². The van der Waals surface area contributed by atoms with Crippen LogP contribution < -0.4 is 10.6 Å². The van der Waals surface area contributed by atoms with Gasteiger partial charge in [0.2, 0.25) is 0 Å². The number of carbonyl (C=O) groups excluding carboxylic acids is 1. The van der Waals surface area contributed by atoms with Gasteiger partial charge in [-0.3, -0.25) is 4.79 Å². The zero-order valence-electron chi connectivity index (χ0n) is 12.5. The molecule has 0 unspecified atom stereocenters. The van der Waals surface area contributed by atoms with Crippen molar-refractivity contribution < 1.29 is 4.79 Å². The quantitative estimate of drug-likeness (QED) is 0.756. The normalized spacial score (nSPS) is 13.9. The van der Waals surface area contributed by atoms with Crippen LogP contribution in [0.15, 0.2) is 42.6 Å². The average Bonchev–Trinajstić information content (AvgIpc) is 3.29. The lowest BCUT2D eigenvalue weighted by atomic mass is 10.2. The van der Waals surface area contributed by atoms with E-state index in [-0.39, 0.29) is 5.91 Å². The first-order valence-electron chi connectivity index (χ1n) is 7.63. The summed E-state index contributed by atoms with van der Waals surface area (Å²) in [5, 5.41) is 7.10. The largest absolute Gasteiger partial charge is 0.367 e. The number of fused-ring (bicyclic) bond motifs is 1. The molecule has 0 spiro atoms. The van der Waals surface area contributed by atoms with Gasteiger partial charge in [0.25, 0.3) is 5.91 Å². The highest BCUT2D eigenvalue weighted by Gasteiger charge is 2.21. The molecule has 2 N–H and O–H groups in total. The van der Waals surface area contributed by atoms with Crippen LogP contribution in [0.3, 0.4) is 0 Å². The minimum absolute atomic E-state index is 0.130. The van der Waals surface area contributed by atoms with Crippen molar-refractivity contribution in [3.8, 4) is 0 Å². The highest BCUT2D eigenvalue weighted by molar-refractivity contribution is 7.18. The molecule has 4 rings (SSSR count). The molecule has 2 aromatic heterocycles. The number of nitrogens with one attached hydrogen (secondary N) is 2. The Morgan fingerprint density at radius 3 is 2.83 bits per heavy atom. The summed E-state index contributed by atoms with van der Waals surface area (Å²) in [7, 11) is 0. The third-order valence-corrected chi connectivity index (χ3v) is 4.73. The number of rotatable bonds is 5. The van der Waals surface area contributed by atoms with E-state index in [2.05, 4.69) is 20.6 Å². The van der Waals surface area contributed by atoms with Crippen LogP contribution >= 0.6 is 11.3 Å². The molecular weight excluding hydrogens is 308 g/mol. The molecule has 1 aromatic carbocycles. The van der Waals surface area contributed by atoms with Crippen LogP contribution in [0.2, 0.25) is 0 Å². The first kappa shape index (κ1) is 14.1. The Bertz CT molecular complexity index is 806. The van der Waals surface area contributed by atoms with Crippen molar-refractivity contribution in [2.24, 2.45) is 0 Å². The first-order chi connectivity index (χ1) is 11.3. The molecule has 0 radical (unpaired) electrons. The number of benzene rings is 1. The van der Waals surface area contributed by atoms with Gasteiger partial charge in [-0.25, -0.2) is 9.97 Å². The predicted molar refractivity (Wildman–Crippen MR) is 91.7 cm³/mol. The third kappa shape index (κ3) is 3.32. The molecule has 23 heavy (non-hydrogen) atoms. The number of thiazole rings is 1. The van der Waals surface area contributed by atoms with E-state index in [1.54, 1.807) is 23.6 Å². The molecule has 1 saturated carbocycles. The number of amides is 1. The maximum atomic E-state index is 12.2. The summed E-state index contributed by atoms with van der Waals surface area (Å²) in [5.74, 6) is 0.699. The molecule has 1 aliphatic carbocycles. The van der Waals surface area contributed by atoms with Gasteiger partial charge in [-0.1, -0.05) is 12.1 Å². The van der Waals surface area contributed by atoms with Crippen LogP contribution in [0.25, 0.3) is 10.2 Å². The molecule has 1 amide bonds. The van der Waals surface area contributed by atoms with E-state index in [0.29, 0.717) is 18.2 Å². The maximum absolute atomic E-state index is 12.2. The third-order valence-electron chi connectivity index (χ3n) is 3.69. The molecule has 1 aliphatic rings.